The first-order valence-electron chi connectivity index (χ1n) is 10.2. The van der Waals surface area contributed by atoms with Gasteiger partial charge in [0.25, 0.3) is 0 Å². The zero-order chi connectivity index (χ0) is 22.1. The Hall–Kier alpha value is -3.91. The number of fused-ring (bicyclic) bond motifs is 1. The van der Waals surface area contributed by atoms with Crippen molar-refractivity contribution in [1.29, 1.82) is 0 Å². The summed E-state index contributed by atoms with van der Waals surface area (Å²) in [5.74, 6) is 1.77. The Balaban J connectivity index is 1.41. The number of aromatic nitrogens is 5. The van der Waals surface area contributed by atoms with Crippen molar-refractivity contribution in [2.45, 2.75) is 19.9 Å². The van der Waals surface area contributed by atoms with Gasteiger partial charge < -0.3 is 11.1 Å². The van der Waals surface area contributed by atoms with Gasteiger partial charge in [-0.3, -0.25) is 0 Å². The highest BCUT2D eigenvalue weighted by Gasteiger charge is 2.11. The Kier molecular flexibility index (Phi) is 5.20. The summed E-state index contributed by atoms with van der Waals surface area (Å²) in [6, 6.07) is 16.5. The fraction of sp³-hybridized carbons (Fsp3) is 0.125. The molecule has 8 heteroatoms. The van der Waals surface area contributed by atoms with Gasteiger partial charge >= 0.3 is 0 Å². The van der Waals surface area contributed by atoms with Crippen LogP contribution in [-0.2, 0) is 0 Å². The first kappa shape index (κ1) is 20.0. The van der Waals surface area contributed by atoms with Crippen molar-refractivity contribution in [3.63, 3.8) is 0 Å². The zero-order valence-corrected chi connectivity index (χ0v) is 18.5. The van der Waals surface area contributed by atoms with Crippen LogP contribution < -0.4 is 11.1 Å². The number of aryl methyl sites for hydroxylation is 1. The van der Waals surface area contributed by atoms with Gasteiger partial charge in [-0.25, -0.2) is 24.9 Å². The van der Waals surface area contributed by atoms with Crippen LogP contribution in [0.2, 0.25) is 0 Å². The van der Waals surface area contributed by atoms with E-state index in [0.717, 1.165) is 49.8 Å². The average Bonchev–Trinajstić information content (AvgIpc) is 3.27. The molecule has 7 nitrogen and oxygen atoms in total. The lowest BCUT2D eigenvalue weighted by atomic mass is 10.0. The fourth-order valence-electron chi connectivity index (χ4n) is 3.58. The molecule has 158 valence electrons. The van der Waals surface area contributed by atoms with E-state index in [1.807, 2.05) is 36.7 Å². The third-order valence-electron chi connectivity index (χ3n) is 5.22. The largest absolute Gasteiger partial charge is 0.368 e. The topological polar surface area (TPSA) is 102 Å². The van der Waals surface area contributed by atoms with Gasteiger partial charge in [-0.05, 0) is 43.2 Å². The number of nitrogen functional groups attached to an aromatic ring is 1. The lowest BCUT2D eigenvalue weighted by molar-refractivity contribution is 0.868. The van der Waals surface area contributed by atoms with Crippen LogP contribution in [0.15, 0.2) is 66.4 Å². The third-order valence-corrected chi connectivity index (χ3v) is 6.01. The van der Waals surface area contributed by atoms with Crippen molar-refractivity contribution in [2.24, 2.45) is 0 Å². The molecule has 0 radical (unpaired) electrons. The van der Waals surface area contributed by atoms with Gasteiger partial charge in [0.05, 0.1) is 21.4 Å². The maximum Gasteiger partial charge on any atom is 0.219 e. The Bertz CT molecular complexity index is 1400. The van der Waals surface area contributed by atoms with Gasteiger partial charge in [0.15, 0.2) is 0 Å². The highest BCUT2D eigenvalue weighted by atomic mass is 32.1. The standard InChI is InChI=1S/C24H21N7S/c1-14(16-4-3-5-17(8-16)19-11-26-24(25)27-12-19)29-23-10-21(30-15(2)31-23)18-6-7-20-22(9-18)32-13-28-20/h3-14H,1-2H3,(H2,25,26,27)(H,29,30,31). The molecular formula is C24H21N7S. The highest BCUT2D eigenvalue weighted by molar-refractivity contribution is 7.16. The first-order chi connectivity index (χ1) is 15.5. The van der Waals surface area contributed by atoms with Gasteiger partial charge in [0.2, 0.25) is 5.95 Å². The monoisotopic (exact) mass is 439 g/mol. The second-order valence-corrected chi connectivity index (χ2v) is 8.43. The van der Waals surface area contributed by atoms with Crippen LogP contribution in [0.25, 0.3) is 32.6 Å². The maximum absolute atomic E-state index is 5.61. The minimum atomic E-state index is 0.0378. The van der Waals surface area contributed by atoms with E-state index in [9.17, 15) is 0 Å². The maximum atomic E-state index is 5.61. The van der Waals surface area contributed by atoms with E-state index >= 15 is 0 Å². The average molecular weight is 440 g/mol. The smallest absolute Gasteiger partial charge is 0.219 e. The van der Waals surface area contributed by atoms with E-state index in [4.69, 9.17) is 5.73 Å². The number of anilines is 2. The number of rotatable bonds is 5. The molecule has 3 aromatic heterocycles. The Morgan fingerprint density at radius 1 is 0.906 bits per heavy atom. The van der Waals surface area contributed by atoms with E-state index in [-0.39, 0.29) is 12.0 Å². The summed E-state index contributed by atoms with van der Waals surface area (Å²) in [5, 5.41) is 3.52. The van der Waals surface area contributed by atoms with Crippen LogP contribution in [0.4, 0.5) is 11.8 Å². The van der Waals surface area contributed by atoms with Crippen LogP contribution in [0.3, 0.4) is 0 Å². The van der Waals surface area contributed by atoms with Crippen LogP contribution in [0.1, 0.15) is 24.4 Å². The molecule has 5 aromatic rings. The molecule has 0 amide bonds. The van der Waals surface area contributed by atoms with Crippen LogP contribution in [0.5, 0.6) is 0 Å². The Labute approximate surface area is 189 Å². The van der Waals surface area contributed by atoms with Crippen molar-refractivity contribution in [2.75, 3.05) is 11.1 Å². The number of nitrogens with two attached hydrogens (primary N) is 1. The lowest BCUT2D eigenvalue weighted by Gasteiger charge is -2.17. The number of thiazole rings is 1. The molecule has 0 bridgehead atoms. The van der Waals surface area contributed by atoms with Crippen molar-refractivity contribution < 1.29 is 0 Å². The number of benzene rings is 2. The van der Waals surface area contributed by atoms with Gasteiger partial charge in [0, 0.05) is 35.6 Å². The number of hydrogen-bond acceptors (Lipinski definition) is 8. The molecule has 5 rings (SSSR count). The predicted octanol–water partition coefficient (Wildman–Crippen LogP) is 5.27. The molecular weight excluding hydrogens is 418 g/mol. The summed E-state index contributed by atoms with van der Waals surface area (Å²) in [6.07, 6.45) is 3.47. The molecule has 32 heavy (non-hydrogen) atoms. The van der Waals surface area contributed by atoms with E-state index < -0.39 is 0 Å². The van der Waals surface area contributed by atoms with Crippen molar-refractivity contribution in [3.05, 3.63) is 77.8 Å². The van der Waals surface area contributed by atoms with Crippen molar-refractivity contribution in [3.8, 4) is 22.4 Å². The second kappa shape index (κ2) is 8.32. The normalized spacial score (nSPS) is 12.1. The van der Waals surface area contributed by atoms with E-state index in [2.05, 4.69) is 61.4 Å². The van der Waals surface area contributed by atoms with Gasteiger partial charge in [-0.2, -0.15) is 0 Å². The van der Waals surface area contributed by atoms with Crippen LogP contribution >= 0.6 is 11.3 Å². The zero-order valence-electron chi connectivity index (χ0n) is 17.6. The van der Waals surface area contributed by atoms with E-state index in [1.54, 1.807) is 23.7 Å². The second-order valence-electron chi connectivity index (χ2n) is 7.54. The summed E-state index contributed by atoms with van der Waals surface area (Å²) in [4.78, 5) is 21.8. The quantitative estimate of drug-likeness (QED) is 0.384. The number of hydrogen-bond donors (Lipinski definition) is 2. The molecule has 0 saturated carbocycles. The predicted molar refractivity (Wildman–Crippen MR) is 129 cm³/mol. The fourth-order valence-corrected chi connectivity index (χ4v) is 4.30. The van der Waals surface area contributed by atoms with Gasteiger partial charge in [0.1, 0.15) is 11.6 Å². The van der Waals surface area contributed by atoms with Crippen LogP contribution in [0, 0.1) is 6.92 Å². The van der Waals surface area contributed by atoms with E-state index in [0.29, 0.717) is 0 Å². The molecule has 0 aliphatic carbocycles. The highest BCUT2D eigenvalue weighted by Crippen LogP contribution is 2.28. The van der Waals surface area contributed by atoms with Gasteiger partial charge in [-0.15, -0.1) is 11.3 Å². The molecule has 0 spiro atoms. The molecule has 0 saturated heterocycles. The van der Waals surface area contributed by atoms with Crippen molar-refractivity contribution >= 4 is 33.3 Å². The molecule has 0 aliphatic heterocycles. The summed E-state index contributed by atoms with van der Waals surface area (Å²) >= 11 is 1.63. The summed E-state index contributed by atoms with van der Waals surface area (Å²) < 4.78 is 1.14. The summed E-state index contributed by atoms with van der Waals surface area (Å²) in [7, 11) is 0. The van der Waals surface area contributed by atoms with E-state index in [1.165, 1.54) is 0 Å². The van der Waals surface area contributed by atoms with Crippen molar-refractivity contribution in [1.82, 2.24) is 24.9 Å². The van der Waals surface area contributed by atoms with Crippen LogP contribution in [-0.4, -0.2) is 24.9 Å². The lowest BCUT2D eigenvalue weighted by Crippen LogP contribution is -2.09. The Morgan fingerprint density at radius 2 is 1.75 bits per heavy atom. The first-order valence-corrected chi connectivity index (χ1v) is 11.1. The molecule has 1 atom stereocenters. The minimum Gasteiger partial charge on any atom is -0.368 e. The molecule has 3 heterocycles. The Morgan fingerprint density at radius 3 is 2.59 bits per heavy atom. The summed E-state index contributed by atoms with van der Waals surface area (Å²) in [5.41, 5.74) is 13.5. The molecule has 3 N–H and O–H groups in total. The molecule has 1 unspecified atom stereocenters. The SMILES string of the molecule is Cc1nc(NC(C)c2cccc(-c3cnc(N)nc3)c2)cc(-c2ccc3ncsc3c2)n1. The number of nitrogens with one attached hydrogen (secondary N) is 1. The minimum absolute atomic E-state index is 0.0378. The summed E-state index contributed by atoms with van der Waals surface area (Å²) in [6.45, 7) is 4.02. The number of nitrogens with zero attached hydrogens (tertiary/aromatic N) is 5. The molecule has 0 aliphatic rings. The van der Waals surface area contributed by atoms with Gasteiger partial charge in [-0.1, -0.05) is 24.3 Å². The third kappa shape index (κ3) is 4.13. The molecule has 2 aromatic carbocycles. The molecule has 0 fully saturated rings.